The van der Waals surface area contributed by atoms with Gasteiger partial charge in [-0.1, -0.05) is 54.1 Å². The first-order chi connectivity index (χ1) is 22.9. The minimum Gasteiger partial charge on any atom is -0.460 e. The number of morpholine rings is 1. The van der Waals surface area contributed by atoms with Gasteiger partial charge in [0.25, 0.3) is 5.91 Å². The van der Waals surface area contributed by atoms with E-state index in [2.05, 4.69) is 35.3 Å². The number of hydrogen-bond acceptors (Lipinski definition) is 11. The third-order valence-electron chi connectivity index (χ3n) is 9.21. The molecule has 1 aliphatic carbocycles. The molecule has 0 bridgehead atoms. The van der Waals surface area contributed by atoms with Crippen molar-refractivity contribution in [1.82, 2.24) is 29.8 Å². The fraction of sp³-hybridized carbons (Fsp3) is 0.531. The van der Waals surface area contributed by atoms with E-state index in [1.807, 2.05) is 12.1 Å². The van der Waals surface area contributed by atoms with Gasteiger partial charge in [0, 0.05) is 52.0 Å². The number of carbonyl (C=O) groups is 2. The van der Waals surface area contributed by atoms with E-state index in [4.69, 9.17) is 38.4 Å². The SMILES string of the molecule is Nc1ncc(C(=O)Nc2cc(-n3cc(C(=O)OCCN4CCOCC4)nn3)ccc2N2CCN(CCC3CCCC3)CC2)c(Cl)c1Cl. The molecule has 3 aliphatic rings. The van der Waals surface area contributed by atoms with Gasteiger partial charge in [0.2, 0.25) is 0 Å². The summed E-state index contributed by atoms with van der Waals surface area (Å²) < 4.78 is 12.3. The molecule has 0 unspecified atom stereocenters. The Labute approximate surface area is 284 Å². The van der Waals surface area contributed by atoms with Crippen LogP contribution in [0.3, 0.4) is 0 Å². The maximum atomic E-state index is 13.5. The monoisotopic (exact) mass is 685 g/mol. The van der Waals surface area contributed by atoms with Crippen molar-refractivity contribution >= 4 is 52.3 Å². The molecule has 252 valence electrons. The molecule has 0 spiro atoms. The lowest BCUT2D eigenvalue weighted by Crippen LogP contribution is -2.47. The lowest BCUT2D eigenvalue weighted by atomic mass is 10.0. The summed E-state index contributed by atoms with van der Waals surface area (Å²) in [6.07, 6.45) is 9.52. The van der Waals surface area contributed by atoms with Crippen molar-refractivity contribution < 1.29 is 19.1 Å². The highest BCUT2D eigenvalue weighted by Gasteiger charge is 2.24. The first-order valence-electron chi connectivity index (χ1n) is 16.3. The van der Waals surface area contributed by atoms with Crippen LogP contribution in [-0.4, -0.2) is 114 Å². The Morgan fingerprint density at radius 1 is 1.00 bits per heavy atom. The number of hydrogen-bond donors (Lipinski definition) is 2. The summed E-state index contributed by atoms with van der Waals surface area (Å²) in [6, 6.07) is 5.62. The maximum absolute atomic E-state index is 13.5. The third-order valence-corrected chi connectivity index (χ3v) is 10.1. The molecule has 1 aromatic carbocycles. The zero-order valence-corrected chi connectivity index (χ0v) is 27.9. The molecular formula is C32H41Cl2N9O4. The number of rotatable bonds is 11. The van der Waals surface area contributed by atoms with Gasteiger partial charge in [0.1, 0.15) is 17.4 Å². The van der Waals surface area contributed by atoms with Crippen LogP contribution in [0.2, 0.25) is 10.0 Å². The molecule has 2 aromatic heterocycles. The second kappa shape index (κ2) is 15.6. The summed E-state index contributed by atoms with van der Waals surface area (Å²) in [5.74, 6) is -0.132. The number of nitrogens with zero attached hydrogens (tertiary/aromatic N) is 7. The number of aromatic nitrogens is 4. The Hall–Kier alpha value is -3.49. The van der Waals surface area contributed by atoms with Gasteiger partial charge in [-0.15, -0.1) is 5.10 Å². The standard InChI is InChI=1S/C32H41Cl2N9O4/c33-28-24(20-36-30(35)29(28)34)31(44)37-25-19-23(43-21-26(38-39-43)32(45)47-18-15-41-13-16-46-17-14-41)5-6-27(25)42-11-9-40(10-12-42)8-7-22-3-1-2-4-22/h5-6,19-22H,1-4,7-18H2,(H2,35,36)(H,37,44). The molecule has 0 radical (unpaired) electrons. The number of ether oxygens (including phenoxy) is 2. The number of nitrogens with two attached hydrogens (primary N) is 1. The predicted molar refractivity (Wildman–Crippen MR) is 181 cm³/mol. The van der Waals surface area contributed by atoms with Gasteiger partial charge in [-0.05, 0) is 37.1 Å². The van der Waals surface area contributed by atoms with Gasteiger partial charge in [-0.2, -0.15) is 0 Å². The maximum Gasteiger partial charge on any atom is 0.360 e. The molecule has 4 heterocycles. The van der Waals surface area contributed by atoms with E-state index in [0.29, 0.717) is 31.1 Å². The molecule has 1 amide bonds. The summed E-state index contributed by atoms with van der Waals surface area (Å²) >= 11 is 12.6. The van der Waals surface area contributed by atoms with Crippen LogP contribution in [0, 0.1) is 5.92 Å². The number of piperazine rings is 1. The largest absolute Gasteiger partial charge is 0.460 e. The molecule has 3 N–H and O–H groups in total. The van der Waals surface area contributed by atoms with Crippen LogP contribution in [0.5, 0.6) is 0 Å². The van der Waals surface area contributed by atoms with Crippen molar-refractivity contribution in [1.29, 1.82) is 0 Å². The van der Waals surface area contributed by atoms with E-state index in [9.17, 15) is 9.59 Å². The number of benzene rings is 1. The van der Waals surface area contributed by atoms with Gasteiger partial charge in [0.05, 0.1) is 47.1 Å². The lowest BCUT2D eigenvalue weighted by molar-refractivity contribution is 0.0193. The Bertz CT molecular complexity index is 1550. The van der Waals surface area contributed by atoms with Crippen LogP contribution < -0.4 is 16.0 Å². The van der Waals surface area contributed by atoms with E-state index in [1.165, 1.54) is 49.2 Å². The second-order valence-corrected chi connectivity index (χ2v) is 13.0. The number of pyridine rings is 1. The van der Waals surface area contributed by atoms with Gasteiger partial charge in [-0.3, -0.25) is 14.6 Å². The first-order valence-corrected chi connectivity index (χ1v) is 17.0. The predicted octanol–water partition coefficient (Wildman–Crippen LogP) is 3.99. The van der Waals surface area contributed by atoms with Crippen LogP contribution in [0.1, 0.15) is 53.0 Å². The number of nitrogens with one attached hydrogen (secondary N) is 1. The van der Waals surface area contributed by atoms with E-state index >= 15 is 0 Å². The highest BCUT2D eigenvalue weighted by molar-refractivity contribution is 6.45. The molecule has 2 saturated heterocycles. The van der Waals surface area contributed by atoms with Crippen LogP contribution in [0.4, 0.5) is 17.2 Å². The van der Waals surface area contributed by atoms with E-state index in [1.54, 1.807) is 6.07 Å². The van der Waals surface area contributed by atoms with Crippen LogP contribution in [0.25, 0.3) is 5.69 Å². The van der Waals surface area contributed by atoms with Crippen molar-refractivity contribution in [3.63, 3.8) is 0 Å². The van der Waals surface area contributed by atoms with Crippen molar-refractivity contribution in [2.24, 2.45) is 5.92 Å². The minimum absolute atomic E-state index is 0.0222. The zero-order valence-electron chi connectivity index (χ0n) is 26.4. The molecule has 15 heteroatoms. The molecule has 6 rings (SSSR count). The molecule has 13 nitrogen and oxygen atoms in total. The summed E-state index contributed by atoms with van der Waals surface area (Å²) in [6.45, 7) is 8.47. The van der Waals surface area contributed by atoms with Crippen LogP contribution in [0.15, 0.2) is 30.6 Å². The van der Waals surface area contributed by atoms with Gasteiger partial charge < -0.3 is 25.4 Å². The Kier molecular flexibility index (Phi) is 11.1. The molecule has 2 aliphatic heterocycles. The molecule has 47 heavy (non-hydrogen) atoms. The molecule has 1 saturated carbocycles. The number of carbonyl (C=O) groups excluding carboxylic acids is 2. The zero-order chi connectivity index (χ0) is 32.8. The number of nitrogen functional groups attached to an aromatic ring is 1. The average molecular weight is 687 g/mol. The van der Waals surface area contributed by atoms with Crippen LogP contribution in [-0.2, 0) is 9.47 Å². The van der Waals surface area contributed by atoms with E-state index in [0.717, 1.165) is 57.4 Å². The topological polar surface area (TPSA) is 144 Å². The summed E-state index contributed by atoms with van der Waals surface area (Å²) in [5, 5.41) is 11.3. The lowest BCUT2D eigenvalue weighted by Gasteiger charge is -2.37. The highest BCUT2D eigenvalue weighted by atomic mass is 35.5. The first kappa shape index (κ1) is 33.4. The Morgan fingerprint density at radius 3 is 2.51 bits per heavy atom. The second-order valence-electron chi connectivity index (χ2n) is 12.2. The Morgan fingerprint density at radius 2 is 1.74 bits per heavy atom. The fourth-order valence-corrected chi connectivity index (χ4v) is 6.78. The minimum atomic E-state index is -0.553. The average Bonchev–Trinajstić information content (AvgIpc) is 3.80. The molecular weight excluding hydrogens is 645 g/mol. The summed E-state index contributed by atoms with van der Waals surface area (Å²) in [5.41, 5.74) is 7.95. The summed E-state index contributed by atoms with van der Waals surface area (Å²) in [4.78, 5) is 37.2. The smallest absolute Gasteiger partial charge is 0.360 e. The van der Waals surface area contributed by atoms with Crippen molar-refractivity contribution in [2.75, 3.05) is 88.1 Å². The molecule has 3 fully saturated rings. The highest BCUT2D eigenvalue weighted by Crippen LogP contribution is 2.33. The number of amides is 1. The van der Waals surface area contributed by atoms with Crippen molar-refractivity contribution in [2.45, 2.75) is 32.1 Å². The fourth-order valence-electron chi connectivity index (χ4n) is 6.39. The molecule has 3 aromatic rings. The number of esters is 1. The van der Waals surface area contributed by atoms with E-state index in [-0.39, 0.29) is 33.7 Å². The quantitative estimate of drug-likeness (QED) is 0.283. The molecule has 0 atom stereocenters. The van der Waals surface area contributed by atoms with Gasteiger partial charge in [-0.25, -0.2) is 14.5 Å². The van der Waals surface area contributed by atoms with Crippen molar-refractivity contribution in [3.05, 3.63) is 51.9 Å². The van der Waals surface area contributed by atoms with Gasteiger partial charge >= 0.3 is 5.97 Å². The number of anilines is 3. The van der Waals surface area contributed by atoms with Crippen LogP contribution >= 0.6 is 23.2 Å². The Balaban J connectivity index is 1.16. The van der Waals surface area contributed by atoms with E-state index < -0.39 is 11.9 Å². The van der Waals surface area contributed by atoms with Crippen molar-refractivity contribution in [3.8, 4) is 5.69 Å². The summed E-state index contributed by atoms with van der Waals surface area (Å²) in [7, 11) is 0. The van der Waals surface area contributed by atoms with Gasteiger partial charge in [0.15, 0.2) is 5.69 Å². The number of halogens is 2. The third kappa shape index (κ3) is 8.33. The normalized spacial score (nSPS) is 18.0.